The largest absolute Gasteiger partial charge is 0.358 e. The zero-order valence-electron chi connectivity index (χ0n) is 9.36. The lowest BCUT2D eigenvalue weighted by molar-refractivity contribution is -0.133. The number of piperidine rings is 1. The fraction of sp³-hybridized carbons (Fsp3) is 0.400. The third-order valence-corrected chi connectivity index (χ3v) is 2.44. The number of carbonyl (C=O) groups is 2. The maximum atomic E-state index is 11.5. The predicted molar refractivity (Wildman–Crippen MR) is 61.4 cm³/mol. The molecule has 1 fully saturated rings. The number of nitrogens with zero attached hydrogens (tertiary/aromatic N) is 2. The summed E-state index contributed by atoms with van der Waals surface area (Å²) in [5.41, 5.74) is 0. The van der Waals surface area contributed by atoms with Crippen molar-refractivity contribution in [3.63, 3.8) is 0 Å². The van der Waals surface area contributed by atoms with Crippen molar-refractivity contribution in [2.45, 2.75) is 18.9 Å². The molecule has 1 aliphatic rings. The molecule has 7 nitrogen and oxygen atoms in total. The van der Waals surface area contributed by atoms with Gasteiger partial charge in [0.2, 0.25) is 17.8 Å². The molecule has 0 aliphatic carbocycles. The number of amides is 2. The topological polar surface area (TPSA) is 96.0 Å². The summed E-state index contributed by atoms with van der Waals surface area (Å²) in [7, 11) is 1.71. The van der Waals surface area contributed by atoms with E-state index in [-0.39, 0.29) is 11.8 Å². The van der Waals surface area contributed by atoms with Crippen LogP contribution in [0.15, 0.2) is 12.3 Å². The highest BCUT2D eigenvalue weighted by atomic mass is 16.2. The maximum absolute atomic E-state index is 11.5. The minimum absolute atomic E-state index is 0.230. The molecule has 1 aliphatic heterocycles. The smallest absolute Gasteiger partial charge is 0.249 e. The number of carbonyl (C=O) groups excluding carboxylic acids is 2. The number of nitrogens with one attached hydrogen (secondary N) is 3. The Labute approximate surface area is 98.0 Å². The normalized spacial score (nSPS) is 19.7. The van der Waals surface area contributed by atoms with Crippen LogP contribution in [0.1, 0.15) is 12.8 Å². The van der Waals surface area contributed by atoms with E-state index in [1.165, 1.54) is 0 Å². The molecule has 1 aromatic heterocycles. The summed E-state index contributed by atoms with van der Waals surface area (Å²) in [5, 5.41) is 8.06. The van der Waals surface area contributed by atoms with Gasteiger partial charge in [0.25, 0.3) is 0 Å². The minimum Gasteiger partial charge on any atom is -0.358 e. The molecule has 1 saturated heterocycles. The van der Waals surface area contributed by atoms with Crippen LogP contribution >= 0.6 is 0 Å². The van der Waals surface area contributed by atoms with Gasteiger partial charge in [0, 0.05) is 19.7 Å². The quantitative estimate of drug-likeness (QED) is 0.624. The number of aromatic nitrogens is 2. The van der Waals surface area contributed by atoms with Crippen LogP contribution in [0, 0.1) is 0 Å². The number of imide groups is 1. The molecular weight excluding hydrogens is 222 g/mol. The van der Waals surface area contributed by atoms with E-state index >= 15 is 0 Å². The molecular formula is C10H13N5O2. The summed E-state index contributed by atoms with van der Waals surface area (Å²) in [6, 6.07) is 1.25. The Hall–Kier alpha value is -2.18. The second kappa shape index (κ2) is 4.77. The lowest BCUT2D eigenvalue weighted by atomic mass is 10.1. The molecule has 1 atom stereocenters. The van der Waals surface area contributed by atoms with E-state index in [1.807, 2.05) is 0 Å². The van der Waals surface area contributed by atoms with Crippen molar-refractivity contribution in [3.05, 3.63) is 12.3 Å². The summed E-state index contributed by atoms with van der Waals surface area (Å²) in [6.07, 6.45) is 2.41. The van der Waals surface area contributed by atoms with Crippen LogP contribution in [0.3, 0.4) is 0 Å². The van der Waals surface area contributed by atoms with Gasteiger partial charge < -0.3 is 10.6 Å². The van der Waals surface area contributed by atoms with Crippen LogP contribution in [0.25, 0.3) is 0 Å². The van der Waals surface area contributed by atoms with Gasteiger partial charge in [-0.15, -0.1) is 0 Å². The van der Waals surface area contributed by atoms with Crippen LogP contribution in [0.5, 0.6) is 0 Å². The van der Waals surface area contributed by atoms with E-state index in [1.54, 1.807) is 19.3 Å². The number of anilines is 2. The SMILES string of the molecule is CNc1nccc(NC2CCC(=O)NC2=O)n1. The van der Waals surface area contributed by atoms with Crippen molar-refractivity contribution in [1.29, 1.82) is 0 Å². The molecule has 0 radical (unpaired) electrons. The number of hydrogen-bond donors (Lipinski definition) is 3. The van der Waals surface area contributed by atoms with Crippen LogP contribution < -0.4 is 16.0 Å². The minimum atomic E-state index is -0.424. The van der Waals surface area contributed by atoms with E-state index in [0.29, 0.717) is 24.6 Å². The third kappa shape index (κ3) is 2.68. The maximum Gasteiger partial charge on any atom is 0.249 e. The van der Waals surface area contributed by atoms with Crippen molar-refractivity contribution < 1.29 is 9.59 Å². The summed E-state index contributed by atoms with van der Waals surface area (Å²) >= 11 is 0. The second-order valence-corrected chi connectivity index (χ2v) is 3.66. The Morgan fingerprint density at radius 3 is 3.00 bits per heavy atom. The molecule has 2 amide bonds. The fourth-order valence-corrected chi connectivity index (χ4v) is 1.57. The molecule has 7 heteroatoms. The molecule has 0 spiro atoms. The summed E-state index contributed by atoms with van der Waals surface area (Å²) in [6.45, 7) is 0. The molecule has 17 heavy (non-hydrogen) atoms. The van der Waals surface area contributed by atoms with E-state index < -0.39 is 6.04 Å². The average Bonchev–Trinajstić information content (AvgIpc) is 2.33. The molecule has 3 N–H and O–H groups in total. The Balaban J connectivity index is 2.05. The third-order valence-electron chi connectivity index (χ3n) is 2.44. The fourth-order valence-electron chi connectivity index (χ4n) is 1.57. The summed E-state index contributed by atoms with van der Waals surface area (Å²) in [4.78, 5) is 30.6. The highest BCUT2D eigenvalue weighted by Crippen LogP contribution is 2.12. The Morgan fingerprint density at radius 1 is 1.47 bits per heavy atom. The summed E-state index contributed by atoms with van der Waals surface area (Å²) in [5.74, 6) is 0.485. The lowest BCUT2D eigenvalue weighted by Gasteiger charge is -2.22. The first-order valence-electron chi connectivity index (χ1n) is 5.30. The molecule has 2 rings (SSSR count). The van der Waals surface area contributed by atoms with Gasteiger partial charge in [-0.1, -0.05) is 0 Å². The van der Waals surface area contributed by atoms with Crippen LogP contribution in [-0.2, 0) is 9.59 Å². The molecule has 1 unspecified atom stereocenters. The number of hydrogen-bond acceptors (Lipinski definition) is 6. The van der Waals surface area contributed by atoms with Gasteiger partial charge in [0.05, 0.1) is 0 Å². The predicted octanol–water partition coefficient (Wildman–Crippen LogP) is -0.265. The van der Waals surface area contributed by atoms with Gasteiger partial charge in [0.1, 0.15) is 11.9 Å². The highest BCUT2D eigenvalue weighted by molar-refractivity contribution is 6.01. The first kappa shape index (κ1) is 11.3. The zero-order valence-corrected chi connectivity index (χ0v) is 9.36. The van der Waals surface area contributed by atoms with Gasteiger partial charge in [0.15, 0.2) is 0 Å². The monoisotopic (exact) mass is 235 g/mol. The standard InChI is InChI=1S/C10H13N5O2/c1-11-10-12-5-4-7(14-10)13-6-2-3-8(16)15-9(6)17/h4-6H,2-3H2,1H3,(H,15,16,17)(H2,11,12,13,14). The van der Waals surface area contributed by atoms with Crippen molar-refractivity contribution >= 4 is 23.6 Å². The first-order valence-corrected chi connectivity index (χ1v) is 5.30. The molecule has 0 saturated carbocycles. The van der Waals surface area contributed by atoms with E-state index in [9.17, 15) is 9.59 Å². The van der Waals surface area contributed by atoms with Crippen LogP contribution in [0.4, 0.5) is 11.8 Å². The highest BCUT2D eigenvalue weighted by Gasteiger charge is 2.26. The molecule has 2 heterocycles. The first-order chi connectivity index (χ1) is 8.19. The molecule has 1 aromatic rings. The molecule has 90 valence electrons. The zero-order chi connectivity index (χ0) is 12.3. The van der Waals surface area contributed by atoms with Crippen molar-refractivity contribution in [2.75, 3.05) is 17.7 Å². The van der Waals surface area contributed by atoms with E-state index in [2.05, 4.69) is 25.9 Å². The molecule has 0 aromatic carbocycles. The summed E-state index contributed by atoms with van der Waals surface area (Å²) < 4.78 is 0. The lowest BCUT2D eigenvalue weighted by Crippen LogP contribution is -2.47. The average molecular weight is 235 g/mol. The van der Waals surface area contributed by atoms with Gasteiger partial charge in [-0.25, -0.2) is 4.98 Å². The van der Waals surface area contributed by atoms with Crippen molar-refractivity contribution in [3.8, 4) is 0 Å². The molecule has 0 bridgehead atoms. The Bertz CT molecular complexity index is 448. The Kier molecular flexibility index (Phi) is 3.17. The second-order valence-electron chi connectivity index (χ2n) is 3.66. The van der Waals surface area contributed by atoms with Crippen molar-refractivity contribution in [1.82, 2.24) is 15.3 Å². The Morgan fingerprint density at radius 2 is 2.29 bits per heavy atom. The number of rotatable bonds is 3. The van der Waals surface area contributed by atoms with Gasteiger partial charge in [-0.3, -0.25) is 14.9 Å². The van der Waals surface area contributed by atoms with E-state index in [4.69, 9.17) is 0 Å². The van der Waals surface area contributed by atoms with E-state index in [0.717, 1.165) is 0 Å². The van der Waals surface area contributed by atoms with Gasteiger partial charge >= 0.3 is 0 Å². The van der Waals surface area contributed by atoms with Crippen LogP contribution in [0.2, 0.25) is 0 Å². The van der Waals surface area contributed by atoms with Crippen LogP contribution in [-0.4, -0.2) is 34.9 Å². The van der Waals surface area contributed by atoms with Gasteiger partial charge in [-0.2, -0.15) is 4.98 Å². The van der Waals surface area contributed by atoms with Crippen molar-refractivity contribution in [2.24, 2.45) is 0 Å². The van der Waals surface area contributed by atoms with Gasteiger partial charge in [-0.05, 0) is 12.5 Å².